The lowest BCUT2D eigenvalue weighted by molar-refractivity contribution is -0.187. The third kappa shape index (κ3) is 4.28. The molecular weight excluding hydrogens is 387 g/mol. The maximum absolute atomic E-state index is 14.4. The van der Waals surface area contributed by atoms with Crippen molar-refractivity contribution in [1.29, 1.82) is 0 Å². The summed E-state index contributed by atoms with van der Waals surface area (Å²) in [5.41, 5.74) is -0.750. The minimum absolute atomic E-state index is 0.428. The number of methoxy groups -OCH3 is 1. The fourth-order valence-corrected chi connectivity index (χ4v) is 7.10. The average molecular weight is 412 g/mol. The van der Waals surface area contributed by atoms with Gasteiger partial charge in [0.25, 0.3) is 0 Å². The standard InChI is InChI=1S/C19H25O8P/c1-11-16(25-12(2)20)17(24-5)18(26-13(3)21)19(27-14(4)22)28(11,23)15-9-7-6-8-10-15/h6-11,16-19H,1-5H3/t11-,16-,17-,18+,19-,28?/m1/s1. The van der Waals surface area contributed by atoms with Crippen LogP contribution in [0, 0.1) is 0 Å². The number of hydrogen-bond donors (Lipinski definition) is 0. The van der Waals surface area contributed by atoms with Gasteiger partial charge < -0.3 is 23.5 Å². The SMILES string of the molecule is CO[C@@H]1[C@H](OC(C)=O)[C@@H](C)P(=O)(c2ccccc2)[C@@H](OC(C)=O)[C@H]1OC(C)=O. The molecule has 28 heavy (non-hydrogen) atoms. The highest BCUT2D eigenvalue weighted by atomic mass is 31.2. The summed E-state index contributed by atoms with van der Waals surface area (Å²) in [4.78, 5) is 35.3. The summed E-state index contributed by atoms with van der Waals surface area (Å²) in [6, 6.07) is 8.47. The van der Waals surface area contributed by atoms with Crippen molar-refractivity contribution in [1.82, 2.24) is 0 Å². The first-order valence-electron chi connectivity index (χ1n) is 8.82. The number of hydrogen-bond acceptors (Lipinski definition) is 8. The molecule has 0 bridgehead atoms. The second kappa shape index (κ2) is 8.88. The van der Waals surface area contributed by atoms with E-state index in [1.54, 1.807) is 37.3 Å². The van der Waals surface area contributed by atoms with Crippen molar-refractivity contribution in [3.8, 4) is 0 Å². The molecule has 1 aromatic carbocycles. The Labute approximate surface area is 163 Å². The van der Waals surface area contributed by atoms with E-state index in [4.69, 9.17) is 18.9 Å². The second-order valence-corrected chi connectivity index (χ2v) is 9.89. The van der Waals surface area contributed by atoms with E-state index >= 15 is 0 Å². The Balaban J connectivity index is 2.70. The lowest BCUT2D eigenvalue weighted by atomic mass is 10.0. The van der Waals surface area contributed by atoms with Gasteiger partial charge in [-0.3, -0.25) is 14.4 Å². The van der Waals surface area contributed by atoms with E-state index in [9.17, 15) is 18.9 Å². The lowest BCUT2D eigenvalue weighted by Gasteiger charge is -2.47. The monoisotopic (exact) mass is 412 g/mol. The molecule has 1 aliphatic rings. The molecule has 0 saturated carbocycles. The van der Waals surface area contributed by atoms with Gasteiger partial charge in [0.15, 0.2) is 19.1 Å². The van der Waals surface area contributed by atoms with E-state index in [0.717, 1.165) is 0 Å². The van der Waals surface area contributed by atoms with Gasteiger partial charge >= 0.3 is 17.9 Å². The number of esters is 3. The molecule has 1 aliphatic heterocycles. The van der Waals surface area contributed by atoms with E-state index in [1.807, 2.05) is 0 Å². The molecule has 6 atom stereocenters. The van der Waals surface area contributed by atoms with Crippen molar-refractivity contribution in [2.24, 2.45) is 0 Å². The van der Waals surface area contributed by atoms with E-state index in [-0.39, 0.29) is 0 Å². The summed E-state index contributed by atoms with van der Waals surface area (Å²) >= 11 is 0. The Bertz CT molecular complexity index is 777. The molecule has 154 valence electrons. The summed E-state index contributed by atoms with van der Waals surface area (Å²) in [5.74, 6) is -3.21. The summed E-state index contributed by atoms with van der Waals surface area (Å²) < 4.78 is 36.1. The zero-order valence-electron chi connectivity index (χ0n) is 16.5. The normalized spacial score (nSPS) is 32.2. The molecule has 0 spiro atoms. The first kappa shape index (κ1) is 22.1. The number of rotatable bonds is 5. The van der Waals surface area contributed by atoms with Crippen molar-refractivity contribution < 1.29 is 37.9 Å². The molecule has 1 unspecified atom stereocenters. The van der Waals surface area contributed by atoms with E-state index < -0.39 is 54.9 Å². The lowest BCUT2D eigenvalue weighted by Crippen LogP contribution is -2.60. The minimum Gasteiger partial charge on any atom is -0.459 e. The summed E-state index contributed by atoms with van der Waals surface area (Å²) in [5, 5.41) is 0.428. The van der Waals surface area contributed by atoms with Crippen molar-refractivity contribution in [3.05, 3.63) is 30.3 Å². The van der Waals surface area contributed by atoms with E-state index in [2.05, 4.69) is 0 Å². The minimum atomic E-state index is -3.57. The molecule has 0 aromatic heterocycles. The van der Waals surface area contributed by atoms with Crippen molar-refractivity contribution in [2.75, 3.05) is 7.11 Å². The zero-order valence-corrected chi connectivity index (χ0v) is 17.4. The summed E-state index contributed by atoms with van der Waals surface area (Å²) in [7, 11) is -2.22. The molecule has 0 N–H and O–H groups in total. The predicted molar refractivity (Wildman–Crippen MR) is 101 cm³/mol. The molecule has 9 heteroatoms. The van der Waals surface area contributed by atoms with Gasteiger partial charge in [-0.1, -0.05) is 37.3 Å². The van der Waals surface area contributed by atoms with Crippen LogP contribution < -0.4 is 5.30 Å². The van der Waals surface area contributed by atoms with Crippen molar-refractivity contribution >= 4 is 30.4 Å². The molecule has 1 fully saturated rings. The highest BCUT2D eigenvalue weighted by Gasteiger charge is 2.61. The number of carbonyl (C=O) groups is 3. The van der Waals surface area contributed by atoms with Gasteiger partial charge in [-0.25, -0.2) is 0 Å². The molecule has 1 aromatic rings. The number of ether oxygens (including phenoxy) is 4. The molecule has 0 amide bonds. The third-order valence-corrected chi connectivity index (χ3v) is 8.47. The molecule has 1 heterocycles. The molecule has 1 saturated heterocycles. The quantitative estimate of drug-likeness (QED) is 0.410. The van der Waals surface area contributed by atoms with Crippen LogP contribution in [0.4, 0.5) is 0 Å². The van der Waals surface area contributed by atoms with Crippen molar-refractivity contribution in [3.63, 3.8) is 0 Å². The smallest absolute Gasteiger partial charge is 0.303 e. The zero-order chi connectivity index (χ0) is 21.1. The van der Waals surface area contributed by atoms with Crippen LogP contribution in [0.25, 0.3) is 0 Å². The highest BCUT2D eigenvalue weighted by Crippen LogP contribution is 2.61. The molecular formula is C19H25O8P. The Hall–Kier alpha value is -2.18. The van der Waals surface area contributed by atoms with Crippen LogP contribution in [0.5, 0.6) is 0 Å². The van der Waals surface area contributed by atoms with Gasteiger partial charge in [0, 0.05) is 33.2 Å². The van der Waals surface area contributed by atoms with Crippen LogP contribution in [0.3, 0.4) is 0 Å². The van der Waals surface area contributed by atoms with Gasteiger partial charge in [-0.2, -0.15) is 0 Å². The van der Waals surface area contributed by atoms with Crippen LogP contribution in [0.2, 0.25) is 0 Å². The van der Waals surface area contributed by atoms with Crippen LogP contribution in [-0.4, -0.2) is 54.8 Å². The second-order valence-electron chi connectivity index (χ2n) is 6.63. The largest absolute Gasteiger partial charge is 0.459 e. The van der Waals surface area contributed by atoms with Gasteiger partial charge in [-0.15, -0.1) is 0 Å². The highest BCUT2D eigenvalue weighted by molar-refractivity contribution is 7.73. The number of benzene rings is 1. The van der Waals surface area contributed by atoms with Gasteiger partial charge in [0.1, 0.15) is 12.2 Å². The summed E-state index contributed by atoms with van der Waals surface area (Å²) in [6.07, 6.45) is -3.14. The Morgan fingerprint density at radius 3 is 1.79 bits per heavy atom. The fourth-order valence-electron chi connectivity index (χ4n) is 3.59. The third-order valence-electron chi connectivity index (χ3n) is 4.71. The van der Waals surface area contributed by atoms with Gasteiger partial charge in [0.2, 0.25) is 0 Å². The fraction of sp³-hybridized carbons (Fsp3) is 0.526. The van der Waals surface area contributed by atoms with Gasteiger partial charge in [-0.05, 0) is 0 Å². The first-order valence-corrected chi connectivity index (χ1v) is 10.7. The maximum atomic E-state index is 14.4. The predicted octanol–water partition coefficient (Wildman–Crippen LogP) is 1.84. The average Bonchev–Trinajstić information content (AvgIpc) is 2.63. The van der Waals surface area contributed by atoms with E-state index in [1.165, 1.54) is 27.9 Å². The Kier molecular flexibility index (Phi) is 7.01. The number of carbonyl (C=O) groups excluding carboxylic acids is 3. The Morgan fingerprint density at radius 2 is 1.32 bits per heavy atom. The Morgan fingerprint density at radius 1 is 0.821 bits per heavy atom. The molecule has 2 rings (SSSR count). The van der Waals surface area contributed by atoms with E-state index in [0.29, 0.717) is 5.30 Å². The first-order chi connectivity index (χ1) is 13.1. The van der Waals surface area contributed by atoms with Crippen LogP contribution >= 0.6 is 7.14 Å². The molecule has 0 radical (unpaired) electrons. The van der Waals surface area contributed by atoms with Crippen LogP contribution in [0.1, 0.15) is 27.7 Å². The van der Waals surface area contributed by atoms with Crippen LogP contribution in [0.15, 0.2) is 30.3 Å². The van der Waals surface area contributed by atoms with Crippen LogP contribution in [-0.2, 0) is 37.9 Å². The topological polar surface area (TPSA) is 105 Å². The van der Waals surface area contributed by atoms with Gasteiger partial charge in [0.05, 0.1) is 5.66 Å². The molecule has 0 aliphatic carbocycles. The maximum Gasteiger partial charge on any atom is 0.303 e. The van der Waals surface area contributed by atoms with Crippen molar-refractivity contribution in [2.45, 2.75) is 57.5 Å². The molecule has 8 nitrogen and oxygen atoms in total. The summed E-state index contributed by atoms with van der Waals surface area (Å²) in [6.45, 7) is 5.24.